The summed E-state index contributed by atoms with van der Waals surface area (Å²) in [6, 6.07) is 5.90. The van der Waals surface area contributed by atoms with Gasteiger partial charge in [0.1, 0.15) is 11.9 Å². The molecule has 0 bridgehead atoms. The molecule has 0 aromatic heterocycles. The third-order valence-electron chi connectivity index (χ3n) is 3.33. The molecule has 0 saturated carbocycles. The second-order valence-electron chi connectivity index (χ2n) is 4.73. The Morgan fingerprint density at radius 1 is 1.45 bits per heavy atom. The van der Waals surface area contributed by atoms with Crippen LogP contribution < -0.4 is 0 Å². The molecule has 1 aliphatic heterocycles. The molecule has 1 aliphatic rings. The van der Waals surface area contributed by atoms with Crippen LogP contribution in [0.3, 0.4) is 0 Å². The van der Waals surface area contributed by atoms with Gasteiger partial charge in [0.15, 0.2) is 0 Å². The fourth-order valence-corrected chi connectivity index (χ4v) is 3.94. The number of hydrogen-bond acceptors (Lipinski definition) is 4. The number of nitrogens with zero attached hydrogens (tertiary/aromatic N) is 2. The fourth-order valence-electron chi connectivity index (χ4n) is 2.09. The molecule has 0 N–H and O–H groups in total. The summed E-state index contributed by atoms with van der Waals surface area (Å²) in [5.74, 6) is -0.221. The molecular weight excluding hydrogens is 300 g/mol. The second-order valence-corrected chi connectivity index (χ2v) is 7.08. The molecular formula is C13H13ClN2O3S. The van der Waals surface area contributed by atoms with Crippen molar-refractivity contribution >= 4 is 27.4 Å². The van der Waals surface area contributed by atoms with Crippen molar-refractivity contribution in [3.63, 3.8) is 0 Å². The summed E-state index contributed by atoms with van der Waals surface area (Å²) in [6.45, 7) is 2.08. The van der Waals surface area contributed by atoms with E-state index >= 15 is 0 Å². The highest BCUT2D eigenvalue weighted by Crippen LogP contribution is 2.25. The van der Waals surface area contributed by atoms with Gasteiger partial charge in [-0.3, -0.25) is 4.79 Å². The number of carbonyl (C=O) groups is 1. The van der Waals surface area contributed by atoms with Crippen LogP contribution in [0.1, 0.15) is 18.9 Å². The number of carbonyl (C=O) groups excluding carboxylic acids is 1. The molecule has 0 aliphatic carbocycles. The smallest absolute Gasteiger partial charge is 0.243 e. The summed E-state index contributed by atoms with van der Waals surface area (Å²) >= 11 is 5.87. The van der Waals surface area contributed by atoms with Crippen LogP contribution in [-0.2, 0) is 14.8 Å². The van der Waals surface area contributed by atoms with E-state index in [2.05, 4.69) is 0 Å². The van der Waals surface area contributed by atoms with Crippen LogP contribution in [0.25, 0.3) is 0 Å². The van der Waals surface area contributed by atoms with Crippen molar-refractivity contribution in [2.75, 3.05) is 13.1 Å². The summed E-state index contributed by atoms with van der Waals surface area (Å²) in [4.78, 5) is 11.5. The maximum atomic E-state index is 12.5. The fraction of sp³-hybridized carbons (Fsp3) is 0.385. The Bertz CT molecular complexity index is 694. The van der Waals surface area contributed by atoms with E-state index in [1.165, 1.54) is 22.5 Å². The Labute approximate surface area is 122 Å². The number of halogens is 1. The molecule has 106 valence electrons. The van der Waals surface area contributed by atoms with Gasteiger partial charge in [-0.15, -0.1) is 0 Å². The lowest BCUT2D eigenvalue weighted by atomic mass is 10.0. The van der Waals surface area contributed by atoms with Gasteiger partial charge in [0, 0.05) is 25.4 Å². The molecule has 1 atom stereocenters. The summed E-state index contributed by atoms with van der Waals surface area (Å²) in [6.07, 6.45) is 0.227. The van der Waals surface area contributed by atoms with Crippen molar-refractivity contribution in [3.8, 4) is 6.07 Å². The second kappa shape index (κ2) is 5.52. The maximum absolute atomic E-state index is 12.5. The van der Waals surface area contributed by atoms with Crippen LogP contribution in [0.5, 0.6) is 0 Å². The lowest BCUT2D eigenvalue weighted by Crippen LogP contribution is -2.43. The highest BCUT2D eigenvalue weighted by Gasteiger charge is 2.32. The first kappa shape index (κ1) is 15.0. The standard InChI is InChI=1S/C13H13ClN2O3S/c1-9-8-16(5-4-13(9)17)20(18,19)11-3-2-10(7-15)12(14)6-11/h2-3,6,9H,4-5,8H2,1H3. The third kappa shape index (κ3) is 2.70. The van der Waals surface area contributed by atoms with Gasteiger partial charge in [0.05, 0.1) is 15.5 Å². The molecule has 5 nitrogen and oxygen atoms in total. The first-order valence-corrected chi connectivity index (χ1v) is 7.90. The van der Waals surface area contributed by atoms with Crippen LogP contribution in [0.4, 0.5) is 0 Å². The van der Waals surface area contributed by atoms with E-state index in [-0.39, 0.29) is 46.7 Å². The maximum Gasteiger partial charge on any atom is 0.243 e. The quantitative estimate of drug-likeness (QED) is 0.834. The van der Waals surface area contributed by atoms with Gasteiger partial charge >= 0.3 is 0 Å². The molecule has 7 heteroatoms. The molecule has 1 aromatic rings. The number of ketones is 1. The van der Waals surface area contributed by atoms with E-state index < -0.39 is 10.0 Å². The van der Waals surface area contributed by atoms with Crippen molar-refractivity contribution < 1.29 is 13.2 Å². The number of hydrogen-bond donors (Lipinski definition) is 0. The number of rotatable bonds is 2. The SMILES string of the molecule is CC1CN(S(=O)(=O)c2ccc(C#N)c(Cl)c2)CCC1=O. The molecule has 20 heavy (non-hydrogen) atoms. The molecule has 1 aromatic carbocycles. The van der Waals surface area contributed by atoms with Gasteiger partial charge in [0.2, 0.25) is 10.0 Å². The van der Waals surface area contributed by atoms with Crippen molar-refractivity contribution in [1.82, 2.24) is 4.31 Å². The zero-order chi connectivity index (χ0) is 14.9. The molecule has 2 rings (SSSR count). The van der Waals surface area contributed by atoms with Crippen LogP contribution in [0.2, 0.25) is 5.02 Å². The molecule has 1 heterocycles. The summed E-state index contributed by atoms with van der Waals surface area (Å²) in [7, 11) is -3.68. The van der Waals surface area contributed by atoms with E-state index in [1.54, 1.807) is 6.92 Å². The van der Waals surface area contributed by atoms with Gasteiger partial charge < -0.3 is 0 Å². The topological polar surface area (TPSA) is 78.2 Å². The van der Waals surface area contributed by atoms with E-state index in [4.69, 9.17) is 16.9 Å². The van der Waals surface area contributed by atoms with Crippen LogP contribution in [0, 0.1) is 17.2 Å². The Hall–Kier alpha value is -1.42. The minimum Gasteiger partial charge on any atom is -0.299 e. The minimum atomic E-state index is -3.68. The highest BCUT2D eigenvalue weighted by molar-refractivity contribution is 7.89. The van der Waals surface area contributed by atoms with Crippen molar-refractivity contribution in [3.05, 3.63) is 28.8 Å². The molecule has 1 fully saturated rings. The minimum absolute atomic E-state index is 0.0445. The monoisotopic (exact) mass is 312 g/mol. The Morgan fingerprint density at radius 3 is 2.70 bits per heavy atom. The van der Waals surface area contributed by atoms with E-state index in [0.29, 0.717) is 0 Å². The van der Waals surface area contributed by atoms with Crippen molar-refractivity contribution in [2.45, 2.75) is 18.2 Å². The van der Waals surface area contributed by atoms with Gasteiger partial charge in [-0.05, 0) is 18.2 Å². The Morgan fingerprint density at radius 2 is 2.15 bits per heavy atom. The molecule has 0 spiro atoms. The summed E-state index contributed by atoms with van der Waals surface area (Å²) < 4.78 is 26.2. The first-order valence-electron chi connectivity index (χ1n) is 6.09. The van der Waals surface area contributed by atoms with E-state index in [0.717, 1.165) is 0 Å². The van der Waals surface area contributed by atoms with Gasteiger partial charge in [-0.2, -0.15) is 9.57 Å². The van der Waals surface area contributed by atoms with Crippen LogP contribution in [-0.4, -0.2) is 31.6 Å². The number of piperidine rings is 1. The summed E-state index contributed by atoms with van der Waals surface area (Å²) in [5.41, 5.74) is 0.229. The normalized spacial score (nSPS) is 20.6. The first-order chi connectivity index (χ1) is 9.36. The molecule has 1 saturated heterocycles. The van der Waals surface area contributed by atoms with E-state index in [9.17, 15) is 13.2 Å². The van der Waals surface area contributed by atoms with Crippen molar-refractivity contribution in [1.29, 1.82) is 5.26 Å². The molecule has 1 unspecified atom stereocenters. The number of nitriles is 1. The molecule has 0 radical (unpaired) electrons. The van der Waals surface area contributed by atoms with Crippen LogP contribution >= 0.6 is 11.6 Å². The molecule has 0 amide bonds. The average Bonchev–Trinajstić information content (AvgIpc) is 2.41. The summed E-state index contributed by atoms with van der Waals surface area (Å²) in [5, 5.41) is 8.90. The zero-order valence-electron chi connectivity index (χ0n) is 10.8. The largest absolute Gasteiger partial charge is 0.299 e. The predicted octanol–water partition coefficient (Wildman–Crippen LogP) is 1.81. The van der Waals surface area contributed by atoms with Gasteiger partial charge in [0.25, 0.3) is 0 Å². The highest BCUT2D eigenvalue weighted by atomic mass is 35.5. The zero-order valence-corrected chi connectivity index (χ0v) is 12.4. The van der Waals surface area contributed by atoms with Gasteiger partial charge in [-0.25, -0.2) is 8.42 Å². The van der Waals surface area contributed by atoms with E-state index in [1.807, 2.05) is 6.07 Å². The lowest BCUT2D eigenvalue weighted by Gasteiger charge is -2.29. The average molecular weight is 313 g/mol. The number of Topliss-reactive ketones (excluding diaryl/α,β-unsaturated/α-hetero) is 1. The predicted molar refractivity (Wildman–Crippen MR) is 73.7 cm³/mol. The number of benzene rings is 1. The Balaban J connectivity index is 2.34. The lowest BCUT2D eigenvalue weighted by molar-refractivity contribution is -0.124. The van der Waals surface area contributed by atoms with Crippen LogP contribution in [0.15, 0.2) is 23.1 Å². The van der Waals surface area contributed by atoms with Gasteiger partial charge in [-0.1, -0.05) is 18.5 Å². The third-order valence-corrected chi connectivity index (χ3v) is 5.51. The number of sulfonamides is 1. The Kier molecular flexibility index (Phi) is 4.14. The van der Waals surface area contributed by atoms with Crippen molar-refractivity contribution in [2.24, 2.45) is 5.92 Å².